The van der Waals surface area contributed by atoms with Crippen LogP contribution in [0.1, 0.15) is 50.8 Å². The van der Waals surface area contributed by atoms with Crippen molar-refractivity contribution in [3.05, 3.63) is 70.6 Å². The van der Waals surface area contributed by atoms with Crippen molar-refractivity contribution in [3.8, 4) is 17.0 Å². The maximum absolute atomic E-state index is 15.2. The lowest BCUT2D eigenvalue weighted by molar-refractivity contribution is 0.0277. The molecule has 5 rings (SSSR count). The maximum Gasteiger partial charge on any atom is 0.410 e. The molecule has 0 unspecified atom stereocenters. The largest absolute Gasteiger partial charge is 0.476 e. The molecule has 9 nitrogen and oxygen atoms in total. The van der Waals surface area contributed by atoms with Crippen molar-refractivity contribution in [1.82, 2.24) is 19.8 Å². The van der Waals surface area contributed by atoms with Crippen LogP contribution >= 0.6 is 11.6 Å². The number of hydrogen-bond donors (Lipinski definition) is 1. The van der Waals surface area contributed by atoms with Crippen LogP contribution in [0.25, 0.3) is 11.1 Å². The number of amides is 3. The Morgan fingerprint density at radius 2 is 1.95 bits per heavy atom. The molecule has 3 aromatic rings. The molecule has 1 saturated heterocycles. The molecule has 1 fully saturated rings. The van der Waals surface area contributed by atoms with Crippen LogP contribution in [0.2, 0.25) is 5.02 Å². The number of fused-ring (bicyclic) bond motifs is 4. The van der Waals surface area contributed by atoms with E-state index in [-0.39, 0.29) is 29.4 Å². The van der Waals surface area contributed by atoms with Crippen LogP contribution in [0.4, 0.5) is 24.1 Å². The first-order valence-electron chi connectivity index (χ1n) is 13.7. The molecule has 1 aromatic carbocycles. The first-order chi connectivity index (χ1) is 19.9. The zero-order chi connectivity index (χ0) is 30.2. The normalized spacial score (nSPS) is 17.5. The highest BCUT2D eigenvalue weighted by Gasteiger charge is 2.43. The summed E-state index contributed by atoms with van der Waals surface area (Å²) in [5.41, 5.74) is 1.60. The molecule has 0 spiro atoms. The standard InChI is InChI=1S/C30H32ClF2N5O4/c1-30(2,3)42-29(40)37(4)11-12-41-26-8-5-17(16-35-26)20-14-23(32)24(15-22(20)31)36-28(39)38-18-6-7-25(38)19-9-10-34-27(33)21(19)13-18/h5,8-10,14-16,18,25H,6-7,11-13H2,1-4H3,(H,36,39)/t18-,25+/m0/s1. The molecular formula is C30H32ClF2N5O4. The Labute approximate surface area is 247 Å². The number of hydrogen-bond acceptors (Lipinski definition) is 6. The molecule has 0 radical (unpaired) electrons. The fourth-order valence-electron chi connectivity index (χ4n) is 5.31. The van der Waals surface area contributed by atoms with Gasteiger partial charge in [0.2, 0.25) is 11.8 Å². The van der Waals surface area contributed by atoms with Gasteiger partial charge in [0.15, 0.2) is 0 Å². The maximum atomic E-state index is 15.2. The van der Waals surface area contributed by atoms with E-state index in [2.05, 4.69) is 15.3 Å². The molecule has 2 atom stereocenters. The van der Waals surface area contributed by atoms with Crippen LogP contribution in [0.15, 0.2) is 42.7 Å². The van der Waals surface area contributed by atoms with Crippen LogP contribution in [-0.4, -0.2) is 63.7 Å². The quantitative estimate of drug-likeness (QED) is 0.320. The lowest BCUT2D eigenvalue weighted by Gasteiger charge is -2.36. The predicted molar refractivity (Wildman–Crippen MR) is 154 cm³/mol. The zero-order valence-electron chi connectivity index (χ0n) is 23.8. The Kier molecular flexibility index (Phi) is 8.23. The van der Waals surface area contributed by atoms with E-state index in [0.29, 0.717) is 42.0 Å². The summed E-state index contributed by atoms with van der Waals surface area (Å²) in [6, 6.07) is 6.71. The summed E-state index contributed by atoms with van der Waals surface area (Å²) in [5, 5.41) is 2.88. The van der Waals surface area contributed by atoms with Crippen molar-refractivity contribution in [2.45, 2.75) is 57.7 Å². The molecule has 3 amide bonds. The minimum Gasteiger partial charge on any atom is -0.476 e. The highest BCUT2D eigenvalue weighted by atomic mass is 35.5. The van der Waals surface area contributed by atoms with E-state index >= 15 is 4.39 Å². The van der Waals surface area contributed by atoms with Crippen molar-refractivity contribution in [2.24, 2.45) is 0 Å². The average molecular weight is 600 g/mol. The molecule has 222 valence electrons. The molecule has 2 aliphatic heterocycles. The Balaban J connectivity index is 1.21. The summed E-state index contributed by atoms with van der Waals surface area (Å²) in [7, 11) is 1.62. The van der Waals surface area contributed by atoms with Gasteiger partial charge in [0.25, 0.3) is 0 Å². The molecular weight excluding hydrogens is 568 g/mol. The Hall–Kier alpha value is -3.99. The van der Waals surface area contributed by atoms with Gasteiger partial charge >= 0.3 is 12.1 Å². The lowest BCUT2D eigenvalue weighted by atomic mass is 9.95. The SMILES string of the molecule is CN(CCOc1ccc(-c2cc(F)c(NC(=O)N3[C@H]4CC[C@@H]3c3ccnc(F)c3C4)cc2Cl)cn1)C(=O)OC(C)(C)C. The second-order valence-electron chi connectivity index (χ2n) is 11.4. The number of halogens is 3. The second kappa shape index (κ2) is 11.7. The number of carbonyl (C=O) groups is 2. The van der Waals surface area contributed by atoms with Crippen molar-refractivity contribution < 1.29 is 27.8 Å². The molecule has 1 N–H and O–H groups in total. The van der Waals surface area contributed by atoms with Crippen LogP contribution < -0.4 is 10.1 Å². The first kappa shape index (κ1) is 29.5. The highest BCUT2D eigenvalue weighted by molar-refractivity contribution is 6.33. The van der Waals surface area contributed by atoms with E-state index in [1.165, 1.54) is 29.4 Å². The summed E-state index contributed by atoms with van der Waals surface area (Å²) >= 11 is 6.50. The smallest absolute Gasteiger partial charge is 0.410 e. The van der Waals surface area contributed by atoms with Crippen molar-refractivity contribution in [3.63, 3.8) is 0 Å². The number of benzene rings is 1. The molecule has 2 bridgehead atoms. The van der Waals surface area contributed by atoms with E-state index in [4.69, 9.17) is 21.1 Å². The van der Waals surface area contributed by atoms with Crippen molar-refractivity contribution >= 4 is 29.4 Å². The number of likely N-dealkylation sites (N-methyl/N-ethyl adjacent to an activating group) is 1. The topological polar surface area (TPSA) is 96.9 Å². The summed E-state index contributed by atoms with van der Waals surface area (Å²) in [4.78, 5) is 36.4. The van der Waals surface area contributed by atoms with Gasteiger partial charge in [-0.15, -0.1) is 0 Å². The van der Waals surface area contributed by atoms with Crippen LogP contribution in [0, 0.1) is 11.8 Å². The number of pyridine rings is 2. The third-order valence-electron chi connectivity index (χ3n) is 7.30. The molecule has 2 aliphatic rings. The Morgan fingerprint density at radius 1 is 1.17 bits per heavy atom. The number of nitrogens with one attached hydrogen (secondary N) is 1. The lowest BCUT2D eigenvalue weighted by Crippen LogP contribution is -2.44. The van der Waals surface area contributed by atoms with Crippen molar-refractivity contribution in [2.75, 3.05) is 25.5 Å². The number of ether oxygens (including phenoxy) is 2. The van der Waals surface area contributed by atoms with Gasteiger partial charge in [0.05, 0.1) is 23.3 Å². The van der Waals surface area contributed by atoms with E-state index < -0.39 is 29.5 Å². The number of urea groups is 1. The monoisotopic (exact) mass is 599 g/mol. The molecule has 2 aromatic heterocycles. The van der Waals surface area contributed by atoms with Crippen molar-refractivity contribution in [1.29, 1.82) is 0 Å². The number of nitrogens with zero attached hydrogens (tertiary/aromatic N) is 4. The van der Waals surface area contributed by atoms with Gasteiger partial charge in [-0.05, 0) is 69.9 Å². The Bertz CT molecular complexity index is 1500. The van der Waals surface area contributed by atoms with Crippen LogP contribution in [0.3, 0.4) is 0 Å². The summed E-state index contributed by atoms with van der Waals surface area (Å²) in [5.74, 6) is -0.837. The number of anilines is 1. The van der Waals surface area contributed by atoms with E-state index in [1.807, 2.05) is 0 Å². The minimum absolute atomic E-state index is 0.0538. The third-order valence-corrected chi connectivity index (χ3v) is 7.62. The van der Waals surface area contributed by atoms with Gasteiger partial charge in [0.1, 0.15) is 18.0 Å². The molecule has 4 heterocycles. The third kappa shape index (κ3) is 6.25. The van der Waals surface area contributed by atoms with Crippen LogP contribution in [0.5, 0.6) is 5.88 Å². The first-order valence-corrected chi connectivity index (χ1v) is 14.0. The fraction of sp³-hybridized carbons (Fsp3) is 0.400. The van der Waals surface area contributed by atoms with Crippen LogP contribution in [-0.2, 0) is 11.2 Å². The van der Waals surface area contributed by atoms with Gasteiger partial charge in [-0.25, -0.2) is 23.9 Å². The second-order valence-corrected chi connectivity index (χ2v) is 11.8. The van der Waals surface area contributed by atoms with E-state index in [9.17, 15) is 14.0 Å². The van der Waals surface area contributed by atoms with Gasteiger partial charge in [0, 0.05) is 48.2 Å². The number of rotatable bonds is 6. The van der Waals surface area contributed by atoms with Gasteiger partial charge in [-0.3, -0.25) is 0 Å². The molecule has 12 heteroatoms. The zero-order valence-corrected chi connectivity index (χ0v) is 24.5. The number of aromatic nitrogens is 2. The van der Waals surface area contributed by atoms with Gasteiger partial charge < -0.3 is 24.6 Å². The molecule has 0 aliphatic carbocycles. The van der Waals surface area contributed by atoms with E-state index in [1.54, 1.807) is 50.9 Å². The molecule has 42 heavy (non-hydrogen) atoms. The predicted octanol–water partition coefficient (Wildman–Crippen LogP) is 6.61. The summed E-state index contributed by atoms with van der Waals surface area (Å²) in [6.07, 6.45) is 4.25. The molecule has 0 saturated carbocycles. The van der Waals surface area contributed by atoms with Gasteiger partial charge in [-0.1, -0.05) is 11.6 Å². The highest BCUT2D eigenvalue weighted by Crippen LogP contribution is 2.44. The summed E-state index contributed by atoms with van der Waals surface area (Å²) in [6.45, 7) is 5.87. The van der Waals surface area contributed by atoms with E-state index in [0.717, 1.165) is 12.0 Å². The summed E-state index contributed by atoms with van der Waals surface area (Å²) < 4.78 is 40.4. The minimum atomic E-state index is -0.659. The van der Waals surface area contributed by atoms with Gasteiger partial charge in [-0.2, -0.15) is 4.39 Å². The Morgan fingerprint density at radius 3 is 2.67 bits per heavy atom. The average Bonchev–Trinajstić information content (AvgIpc) is 3.25. The fourth-order valence-corrected chi connectivity index (χ4v) is 5.59. The number of carbonyl (C=O) groups excluding carboxylic acids is 2.